The minimum atomic E-state index is 0.869. The van der Waals surface area contributed by atoms with E-state index in [0.29, 0.717) is 0 Å². The molecule has 0 fully saturated rings. The van der Waals surface area contributed by atoms with Crippen LogP contribution in [-0.2, 0) is 0 Å². The maximum absolute atomic E-state index is 2.54. The Morgan fingerprint density at radius 2 is 0.682 bits per heavy atom. The van der Waals surface area contributed by atoms with Crippen LogP contribution in [0.3, 0.4) is 0 Å². The fourth-order valence-electron chi connectivity index (χ4n) is 4.56. The first-order valence-corrected chi connectivity index (χ1v) is 10.3. The van der Waals surface area contributed by atoms with Crippen LogP contribution in [0.2, 0.25) is 0 Å². The molecule has 22 heavy (non-hydrogen) atoms. The summed E-state index contributed by atoms with van der Waals surface area (Å²) in [7, 11) is 0. The van der Waals surface area contributed by atoms with E-state index in [1.807, 2.05) is 0 Å². The molecule has 0 radical (unpaired) electrons. The third-order valence-corrected chi connectivity index (χ3v) is 6.38. The lowest BCUT2D eigenvalue weighted by Crippen LogP contribution is -2.29. The molecular formula is C22H46. The second kappa shape index (κ2) is 11.5. The molecule has 134 valence electrons. The predicted octanol–water partition coefficient (Wildman–Crippen LogP) is 7.82. The van der Waals surface area contributed by atoms with Gasteiger partial charge >= 0.3 is 0 Å². The molecule has 0 aromatic carbocycles. The highest BCUT2D eigenvalue weighted by Gasteiger charge is 2.30. The highest BCUT2D eigenvalue weighted by molar-refractivity contribution is 4.80. The highest BCUT2D eigenvalue weighted by Crippen LogP contribution is 2.39. The summed E-state index contributed by atoms with van der Waals surface area (Å²) in [4.78, 5) is 0. The normalized spacial score (nSPS) is 21.7. The first-order valence-electron chi connectivity index (χ1n) is 10.3. The molecule has 0 amide bonds. The molecule has 0 aliphatic heterocycles. The first kappa shape index (κ1) is 22.0. The van der Waals surface area contributed by atoms with Gasteiger partial charge in [0, 0.05) is 0 Å². The van der Waals surface area contributed by atoms with Crippen molar-refractivity contribution >= 4 is 0 Å². The zero-order valence-corrected chi connectivity index (χ0v) is 17.3. The smallest absolute Gasteiger partial charge is 0.0337 e. The van der Waals surface area contributed by atoms with E-state index in [4.69, 9.17) is 0 Å². The SMILES string of the molecule is CCC(C)CC(C)C(C(C)CC(C)CC)C(C)CC(C)CC. The molecule has 0 spiro atoms. The molecule has 0 nitrogen and oxygen atoms in total. The zero-order chi connectivity index (χ0) is 17.3. The van der Waals surface area contributed by atoms with Crippen LogP contribution in [0.1, 0.15) is 101 Å². The Kier molecular flexibility index (Phi) is 11.5. The van der Waals surface area contributed by atoms with Crippen LogP contribution in [-0.4, -0.2) is 0 Å². The molecular weight excluding hydrogens is 264 g/mol. The fraction of sp³-hybridized carbons (Fsp3) is 1.00. The van der Waals surface area contributed by atoms with E-state index in [2.05, 4.69) is 62.3 Å². The molecule has 0 aromatic rings. The second-order valence-electron chi connectivity index (χ2n) is 8.76. The van der Waals surface area contributed by atoms with E-state index in [1.165, 1.54) is 38.5 Å². The average Bonchev–Trinajstić information content (AvgIpc) is 2.46. The van der Waals surface area contributed by atoms with Crippen molar-refractivity contribution < 1.29 is 0 Å². The van der Waals surface area contributed by atoms with Crippen LogP contribution < -0.4 is 0 Å². The third kappa shape index (κ3) is 8.02. The summed E-state index contributed by atoms with van der Waals surface area (Å²) < 4.78 is 0. The standard InChI is InChI=1S/C22H46/c1-10-16(4)13-19(7)22(20(8)14-17(5)11-2)21(9)15-18(6)12-3/h16-22H,10-15H2,1-9H3. The first-order chi connectivity index (χ1) is 10.3. The van der Waals surface area contributed by atoms with E-state index < -0.39 is 0 Å². The van der Waals surface area contributed by atoms with E-state index >= 15 is 0 Å². The molecule has 0 rings (SSSR count). The molecule has 0 saturated heterocycles. The number of hydrogen-bond acceptors (Lipinski definition) is 0. The van der Waals surface area contributed by atoms with Crippen molar-refractivity contribution in [2.75, 3.05) is 0 Å². The van der Waals surface area contributed by atoms with Gasteiger partial charge < -0.3 is 0 Å². The van der Waals surface area contributed by atoms with Gasteiger partial charge in [-0.1, -0.05) is 81.6 Å². The Morgan fingerprint density at radius 1 is 0.455 bits per heavy atom. The molecule has 0 aliphatic carbocycles. The average molecular weight is 311 g/mol. The van der Waals surface area contributed by atoms with Crippen LogP contribution >= 0.6 is 0 Å². The second-order valence-corrected chi connectivity index (χ2v) is 8.76. The minimum Gasteiger partial charge on any atom is -0.0651 e. The molecule has 0 N–H and O–H groups in total. The van der Waals surface area contributed by atoms with Gasteiger partial charge in [0.2, 0.25) is 0 Å². The maximum Gasteiger partial charge on any atom is -0.0337 e. The van der Waals surface area contributed by atoms with Gasteiger partial charge in [-0.05, 0) is 60.7 Å². The van der Waals surface area contributed by atoms with Gasteiger partial charge in [0.15, 0.2) is 0 Å². The lowest BCUT2D eigenvalue weighted by Gasteiger charge is -2.38. The lowest BCUT2D eigenvalue weighted by atomic mass is 9.68. The number of hydrogen-bond donors (Lipinski definition) is 0. The Morgan fingerprint density at radius 3 is 0.864 bits per heavy atom. The molecule has 0 bridgehead atoms. The van der Waals surface area contributed by atoms with E-state index in [1.54, 1.807) is 0 Å². The number of rotatable bonds is 12. The monoisotopic (exact) mass is 310 g/mol. The van der Waals surface area contributed by atoms with Crippen molar-refractivity contribution in [2.24, 2.45) is 41.4 Å². The summed E-state index contributed by atoms with van der Waals surface area (Å²) in [5.41, 5.74) is 0. The summed E-state index contributed by atoms with van der Waals surface area (Å²) in [5.74, 6) is 6.14. The summed E-state index contributed by atoms with van der Waals surface area (Å²) in [6.45, 7) is 22.0. The molecule has 0 heterocycles. The van der Waals surface area contributed by atoms with Gasteiger partial charge in [-0.15, -0.1) is 0 Å². The zero-order valence-electron chi connectivity index (χ0n) is 17.3. The molecule has 6 unspecified atom stereocenters. The van der Waals surface area contributed by atoms with E-state index in [9.17, 15) is 0 Å². The quantitative estimate of drug-likeness (QED) is 0.344. The molecule has 0 heteroatoms. The molecule has 0 aromatic heterocycles. The molecule has 0 saturated carbocycles. The highest BCUT2D eigenvalue weighted by atomic mass is 14.4. The third-order valence-electron chi connectivity index (χ3n) is 6.38. The van der Waals surface area contributed by atoms with Crippen LogP contribution in [0, 0.1) is 41.4 Å². The van der Waals surface area contributed by atoms with Crippen molar-refractivity contribution in [1.82, 2.24) is 0 Å². The van der Waals surface area contributed by atoms with Gasteiger partial charge in [-0.25, -0.2) is 0 Å². The van der Waals surface area contributed by atoms with Crippen molar-refractivity contribution in [3.05, 3.63) is 0 Å². The van der Waals surface area contributed by atoms with Gasteiger partial charge in [-0.3, -0.25) is 0 Å². The van der Waals surface area contributed by atoms with Crippen LogP contribution in [0.5, 0.6) is 0 Å². The van der Waals surface area contributed by atoms with E-state index in [-0.39, 0.29) is 0 Å². The van der Waals surface area contributed by atoms with Gasteiger partial charge in [-0.2, -0.15) is 0 Å². The van der Waals surface area contributed by atoms with Gasteiger partial charge in [0.25, 0.3) is 0 Å². The van der Waals surface area contributed by atoms with Crippen molar-refractivity contribution in [3.63, 3.8) is 0 Å². The Labute approximate surface area is 142 Å². The van der Waals surface area contributed by atoms with Crippen molar-refractivity contribution in [3.8, 4) is 0 Å². The van der Waals surface area contributed by atoms with Crippen LogP contribution in [0.15, 0.2) is 0 Å². The van der Waals surface area contributed by atoms with Crippen LogP contribution in [0.4, 0.5) is 0 Å². The Bertz CT molecular complexity index is 214. The summed E-state index contributed by atoms with van der Waals surface area (Å²) in [6.07, 6.45) is 8.23. The largest absolute Gasteiger partial charge is 0.0651 e. The molecule has 6 atom stereocenters. The Balaban J connectivity index is 4.94. The maximum atomic E-state index is 2.54. The Hall–Kier alpha value is 0. The molecule has 0 aliphatic rings. The minimum absolute atomic E-state index is 0.869. The van der Waals surface area contributed by atoms with Gasteiger partial charge in [0.05, 0.1) is 0 Å². The van der Waals surface area contributed by atoms with Crippen molar-refractivity contribution in [1.29, 1.82) is 0 Å². The summed E-state index contributed by atoms with van der Waals surface area (Å²) in [6, 6.07) is 0. The summed E-state index contributed by atoms with van der Waals surface area (Å²) >= 11 is 0. The van der Waals surface area contributed by atoms with Crippen molar-refractivity contribution in [2.45, 2.75) is 101 Å². The fourth-order valence-corrected chi connectivity index (χ4v) is 4.56. The van der Waals surface area contributed by atoms with E-state index in [0.717, 1.165) is 41.4 Å². The predicted molar refractivity (Wildman–Crippen MR) is 103 cm³/mol. The summed E-state index contributed by atoms with van der Waals surface area (Å²) in [5, 5.41) is 0. The van der Waals surface area contributed by atoms with Crippen LogP contribution in [0.25, 0.3) is 0 Å². The van der Waals surface area contributed by atoms with Gasteiger partial charge in [0.1, 0.15) is 0 Å². The topological polar surface area (TPSA) is 0 Å². The lowest BCUT2D eigenvalue weighted by molar-refractivity contribution is 0.119.